The molecule has 1 N–H and O–H groups in total. The van der Waals surface area contributed by atoms with E-state index in [1.807, 2.05) is 0 Å². The fourth-order valence-electron chi connectivity index (χ4n) is 3.19. The van der Waals surface area contributed by atoms with Crippen molar-refractivity contribution >= 4 is 5.91 Å². The molecule has 1 saturated carbocycles. The molecule has 0 unspecified atom stereocenters. The van der Waals surface area contributed by atoms with Crippen LogP contribution in [-0.4, -0.2) is 40.8 Å². The highest BCUT2D eigenvalue weighted by atomic mass is 19.4. The highest BCUT2D eigenvalue weighted by Crippen LogP contribution is 2.41. The third-order valence-corrected chi connectivity index (χ3v) is 3.88. The second kappa shape index (κ2) is 4.48. The number of amides is 1. The van der Waals surface area contributed by atoms with Gasteiger partial charge in [0.25, 0.3) is 0 Å². The van der Waals surface area contributed by atoms with Crippen molar-refractivity contribution in [1.82, 2.24) is 4.90 Å². The van der Waals surface area contributed by atoms with Crippen molar-refractivity contribution in [3.8, 4) is 0 Å². The first kappa shape index (κ1) is 12.7. The summed E-state index contributed by atoms with van der Waals surface area (Å²) < 4.78 is 37.5. The Labute approximate surface area is 97.6 Å². The number of carbonyl (C=O) groups excluding carboxylic acids is 1. The molecule has 0 spiro atoms. The number of alkyl halides is 3. The van der Waals surface area contributed by atoms with Gasteiger partial charge in [-0.25, -0.2) is 0 Å². The summed E-state index contributed by atoms with van der Waals surface area (Å²) in [5.74, 6) is -1.65. The van der Waals surface area contributed by atoms with E-state index in [4.69, 9.17) is 5.11 Å². The molecule has 1 amide bonds. The normalized spacial score (nSPS) is 33.6. The number of aliphatic hydroxyl groups is 1. The van der Waals surface area contributed by atoms with E-state index >= 15 is 0 Å². The third-order valence-electron chi connectivity index (χ3n) is 3.88. The molecule has 1 aliphatic carbocycles. The van der Waals surface area contributed by atoms with Crippen LogP contribution < -0.4 is 0 Å². The minimum atomic E-state index is -4.83. The van der Waals surface area contributed by atoms with Gasteiger partial charge in [0.15, 0.2) is 0 Å². The molecule has 3 nitrogen and oxygen atoms in total. The topological polar surface area (TPSA) is 40.5 Å². The molecular formula is C11H16F3NO2. The average Bonchev–Trinajstić information content (AvgIpc) is 2.64. The maximum Gasteiger partial charge on any atom is 0.471 e. The lowest BCUT2D eigenvalue weighted by Gasteiger charge is -2.33. The van der Waals surface area contributed by atoms with E-state index in [9.17, 15) is 18.0 Å². The first-order chi connectivity index (χ1) is 7.95. The van der Waals surface area contributed by atoms with E-state index < -0.39 is 18.1 Å². The lowest BCUT2D eigenvalue weighted by molar-refractivity contribution is -0.189. The number of fused-ring (bicyclic) bond motifs is 1. The SMILES string of the molecule is O=C(N1[C@H](CO)C[C@@H]2CCCC[C@@H]21)C(F)(F)F. The van der Waals surface area contributed by atoms with Crippen molar-refractivity contribution in [2.45, 2.75) is 50.4 Å². The fraction of sp³-hybridized carbons (Fsp3) is 0.909. The first-order valence-electron chi connectivity index (χ1n) is 5.95. The summed E-state index contributed by atoms with van der Waals surface area (Å²) in [6.07, 6.45) is -0.969. The Balaban J connectivity index is 2.20. The van der Waals surface area contributed by atoms with E-state index in [-0.39, 0.29) is 18.6 Å². The zero-order chi connectivity index (χ0) is 12.6. The summed E-state index contributed by atoms with van der Waals surface area (Å²) >= 11 is 0. The standard InChI is InChI=1S/C11H16F3NO2/c12-11(13,14)10(17)15-8(6-16)5-7-3-1-2-4-9(7)15/h7-9,16H,1-6H2/t7-,8-,9-/m0/s1. The first-order valence-corrected chi connectivity index (χ1v) is 5.95. The summed E-state index contributed by atoms with van der Waals surface area (Å²) in [6.45, 7) is -0.380. The second-order valence-corrected chi connectivity index (χ2v) is 4.89. The minimum absolute atomic E-state index is 0.132. The van der Waals surface area contributed by atoms with Crippen molar-refractivity contribution in [3.63, 3.8) is 0 Å². The quantitative estimate of drug-likeness (QED) is 0.770. The number of nitrogens with zero attached hydrogens (tertiary/aromatic N) is 1. The molecule has 1 aliphatic heterocycles. The van der Waals surface area contributed by atoms with Crippen molar-refractivity contribution < 1.29 is 23.1 Å². The van der Waals surface area contributed by atoms with E-state index in [1.165, 1.54) is 0 Å². The van der Waals surface area contributed by atoms with E-state index in [0.717, 1.165) is 24.2 Å². The monoisotopic (exact) mass is 251 g/mol. The van der Waals surface area contributed by atoms with Crippen molar-refractivity contribution in [3.05, 3.63) is 0 Å². The molecule has 2 fully saturated rings. The van der Waals surface area contributed by atoms with Gasteiger partial charge in [0.05, 0.1) is 12.6 Å². The van der Waals surface area contributed by atoms with Gasteiger partial charge < -0.3 is 10.0 Å². The van der Waals surface area contributed by atoms with Gasteiger partial charge in [-0.05, 0) is 25.2 Å². The molecule has 0 radical (unpaired) electrons. The molecular weight excluding hydrogens is 235 g/mol. The van der Waals surface area contributed by atoms with E-state index in [0.29, 0.717) is 12.8 Å². The number of aliphatic hydroxyl groups excluding tert-OH is 1. The number of likely N-dealkylation sites (tertiary alicyclic amines) is 1. The molecule has 0 aromatic heterocycles. The summed E-state index contributed by atoms with van der Waals surface area (Å²) in [5.41, 5.74) is 0. The van der Waals surface area contributed by atoms with Crippen LogP contribution in [0.2, 0.25) is 0 Å². The van der Waals surface area contributed by atoms with Gasteiger partial charge in [-0.15, -0.1) is 0 Å². The van der Waals surface area contributed by atoms with Crippen molar-refractivity contribution in [2.24, 2.45) is 5.92 Å². The number of halogens is 3. The van der Waals surface area contributed by atoms with Crippen LogP contribution in [0.5, 0.6) is 0 Å². The molecule has 2 aliphatic rings. The largest absolute Gasteiger partial charge is 0.471 e. The highest BCUT2D eigenvalue weighted by molar-refractivity contribution is 5.82. The smallest absolute Gasteiger partial charge is 0.394 e. The van der Waals surface area contributed by atoms with Crippen molar-refractivity contribution in [1.29, 1.82) is 0 Å². The van der Waals surface area contributed by atoms with E-state index in [1.54, 1.807) is 0 Å². The number of carbonyl (C=O) groups is 1. The highest BCUT2D eigenvalue weighted by Gasteiger charge is 2.52. The van der Waals surface area contributed by atoms with Gasteiger partial charge in [0.1, 0.15) is 0 Å². The molecule has 2 rings (SSSR count). The van der Waals surface area contributed by atoms with E-state index in [2.05, 4.69) is 0 Å². The Kier molecular flexibility index (Phi) is 3.34. The summed E-state index contributed by atoms with van der Waals surface area (Å²) in [5, 5.41) is 9.14. The molecule has 98 valence electrons. The zero-order valence-electron chi connectivity index (χ0n) is 9.41. The Hall–Kier alpha value is -0.780. The Morgan fingerprint density at radius 1 is 1.29 bits per heavy atom. The van der Waals surface area contributed by atoms with Gasteiger partial charge in [0, 0.05) is 6.04 Å². The Bertz CT molecular complexity index is 306. The number of hydrogen-bond donors (Lipinski definition) is 1. The van der Waals surface area contributed by atoms with Gasteiger partial charge in [-0.1, -0.05) is 12.8 Å². The number of rotatable bonds is 1. The molecule has 0 aromatic carbocycles. The molecule has 0 bridgehead atoms. The lowest BCUT2D eigenvalue weighted by Crippen LogP contribution is -2.50. The summed E-state index contributed by atoms with van der Waals surface area (Å²) in [6, 6.07) is -0.979. The summed E-state index contributed by atoms with van der Waals surface area (Å²) in [7, 11) is 0. The molecule has 3 atom stereocenters. The van der Waals surface area contributed by atoms with Crippen molar-refractivity contribution in [2.75, 3.05) is 6.61 Å². The Morgan fingerprint density at radius 3 is 2.53 bits per heavy atom. The van der Waals surface area contributed by atoms with Crippen LogP contribution in [0.15, 0.2) is 0 Å². The van der Waals surface area contributed by atoms with Gasteiger partial charge in [-0.3, -0.25) is 4.79 Å². The third kappa shape index (κ3) is 2.27. The van der Waals surface area contributed by atoms with Gasteiger partial charge >= 0.3 is 12.1 Å². The zero-order valence-corrected chi connectivity index (χ0v) is 9.41. The minimum Gasteiger partial charge on any atom is -0.394 e. The molecule has 0 aromatic rings. The van der Waals surface area contributed by atoms with Crippen LogP contribution in [-0.2, 0) is 4.79 Å². The molecule has 6 heteroatoms. The average molecular weight is 251 g/mol. The van der Waals surface area contributed by atoms with Crippen LogP contribution in [0.25, 0.3) is 0 Å². The molecule has 1 heterocycles. The predicted octanol–water partition coefficient (Wildman–Crippen LogP) is 1.70. The number of hydrogen-bond acceptors (Lipinski definition) is 2. The van der Waals surface area contributed by atoms with Crippen LogP contribution >= 0.6 is 0 Å². The maximum atomic E-state index is 12.5. The fourth-order valence-corrected chi connectivity index (χ4v) is 3.19. The maximum absolute atomic E-state index is 12.5. The molecule has 17 heavy (non-hydrogen) atoms. The Morgan fingerprint density at radius 2 is 1.94 bits per heavy atom. The second-order valence-electron chi connectivity index (χ2n) is 4.89. The summed E-state index contributed by atoms with van der Waals surface area (Å²) in [4.78, 5) is 12.3. The van der Waals surface area contributed by atoms with Gasteiger partial charge in [-0.2, -0.15) is 13.2 Å². The van der Waals surface area contributed by atoms with Gasteiger partial charge in [0.2, 0.25) is 0 Å². The van der Waals surface area contributed by atoms with Crippen LogP contribution in [0.4, 0.5) is 13.2 Å². The van der Waals surface area contributed by atoms with Crippen LogP contribution in [0.3, 0.4) is 0 Å². The van der Waals surface area contributed by atoms with Crippen LogP contribution in [0, 0.1) is 5.92 Å². The predicted molar refractivity (Wildman–Crippen MR) is 54.1 cm³/mol. The molecule has 1 saturated heterocycles. The lowest BCUT2D eigenvalue weighted by atomic mass is 9.85. The van der Waals surface area contributed by atoms with Crippen LogP contribution in [0.1, 0.15) is 32.1 Å².